The van der Waals surface area contributed by atoms with Gasteiger partial charge >= 0.3 is 5.00 Å². The van der Waals surface area contributed by atoms with Crippen LogP contribution in [-0.2, 0) is 0 Å². The van der Waals surface area contributed by atoms with Gasteiger partial charge in [0.1, 0.15) is 5.75 Å². The minimum absolute atomic E-state index is 0.0161. The number of rotatable bonds is 3. The number of hydrogen-bond donors (Lipinski definition) is 0. The minimum Gasteiger partial charge on any atom is -0.475 e. The average Bonchev–Trinajstić information content (AvgIpc) is 2.58. The van der Waals surface area contributed by atoms with Gasteiger partial charge in [0.15, 0.2) is 0 Å². The summed E-state index contributed by atoms with van der Waals surface area (Å²) in [6, 6.07) is 11.0. The zero-order valence-corrected chi connectivity index (χ0v) is 12.7. The van der Waals surface area contributed by atoms with E-state index in [9.17, 15) is 25.0 Å². The normalized spacial score (nSPS) is 22.4. The van der Waals surface area contributed by atoms with Crippen molar-refractivity contribution in [1.82, 2.24) is 0 Å². The first-order valence-electron chi connectivity index (χ1n) is 6.74. The van der Waals surface area contributed by atoms with Crippen LogP contribution < -0.4 is 4.74 Å². The molecule has 2 aromatic carbocycles. The monoisotopic (exact) mass is 348 g/mol. The number of para-hydroxylation sites is 1. The van der Waals surface area contributed by atoms with Crippen molar-refractivity contribution in [3.8, 4) is 5.75 Å². The number of ketones is 1. The maximum Gasteiger partial charge on any atom is 0.397 e. The lowest BCUT2D eigenvalue weighted by molar-refractivity contribution is -0.536. The largest absolute Gasteiger partial charge is 0.475 e. The second-order valence-corrected chi connectivity index (χ2v) is 5.68. The van der Waals surface area contributed by atoms with Crippen molar-refractivity contribution >= 4 is 23.1 Å². The first kappa shape index (κ1) is 15.9. The zero-order chi connectivity index (χ0) is 17.5. The number of carbonyl (C=O) groups excluding carboxylic acids is 1. The van der Waals surface area contributed by atoms with Crippen molar-refractivity contribution in [2.45, 2.75) is 11.1 Å². The maximum atomic E-state index is 12.6. The summed E-state index contributed by atoms with van der Waals surface area (Å²) in [6.07, 6.45) is -1.42. The van der Waals surface area contributed by atoms with E-state index in [1.54, 1.807) is 12.1 Å². The molecule has 3 rings (SSSR count). The van der Waals surface area contributed by atoms with Gasteiger partial charge in [-0.2, -0.15) is 0 Å². The van der Waals surface area contributed by atoms with Crippen LogP contribution in [0.1, 0.15) is 22.0 Å². The van der Waals surface area contributed by atoms with Gasteiger partial charge in [-0.3, -0.25) is 25.0 Å². The number of hydrogen-bond acceptors (Lipinski definition) is 6. The second kappa shape index (κ2) is 5.57. The molecule has 8 nitrogen and oxygen atoms in total. The first-order chi connectivity index (χ1) is 11.4. The molecule has 0 saturated heterocycles. The first-order valence-corrected chi connectivity index (χ1v) is 7.11. The highest BCUT2D eigenvalue weighted by Gasteiger charge is 2.62. The molecule has 0 radical (unpaired) electrons. The Labute approximate surface area is 139 Å². The van der Waals surface area contributed by atoms with E-state index in [0.717, 1.165) is 0 Å². The molecule has 1 aliphatic rings. The van der Waals surface area contributed by atoms with Crippen LogP contribution in [0, 0.1) is 20.2 Å². The molecule has 0 fully saturated rings. The third kappa shape index (κ3) is 2.28. The van der Waals surface area contributed by atoms with Crippen LogP contribution in [0.2, 0.25) is 0 Å². The lowest BCUT2D eigenvalue weighted by atomic mass is 9.91. The van der Waals surface area contributed by atoms with Gasteiger partial charge in [-0.25, -0.2) is 0 Å². The Bertz CT molecular complexity index is 853. The summed E-state index contributed by atoms with van der Waals surface area (Å²) < 4.78 is 5.60. The van der Waals surface area contributed by atoms with Gasteiger partial charge in [0.25, 0.3) is 11.5 Å². The highest BCUT2D eigenvalue weighted by atomic mass is 35.5. The van der Waals surface area contributed by atoms with Gasteiger partial charge < -0.3 is 4.74 Å². The Balaban J connectivity index is 2.13. The Kier molecular flexibility index (Phi) is 3.69. The summed E-state index contributed by atoms with van der Waals surface area (Å²) in [6.45, 7) is 0. The maximum absolute atomic E-state index is 12.6. The van der Waals surface area contributed by atoms with Crippen LogP contribution in [0.25, 0.3) is 0 Å². The lowest BCUT2D eigenvalue weighted by Crippen LogP contribution is -2.51. The number of Topliss-reactive ketones (excluding diaryl/α,β-unsaturated/α-hetero) is 1. The van der Waals surface area contributed by atoms with Crippen molar-refractivity contribution in [3.63, 3.8) is 0 Å². The molecule has 0 aromatic heterocycles. The average molecular weight is 349 g/mol. The van der Waals surface area contributed by atoms with Crippen molar-refractivity contribution < 1.29 is 19.4 Å². The molecule has 0 aliphatic carbocycles. The minimum atomic E-state index is -2.55. The van der Waals surface area contributed by atoms with Crippen molar-refractivity contribution in [1.29, 1.82) is 0 Å². The number of ether oxygens (including phenoxy) is 1. The number of carbonyl (C=O) groups is 1. The van der Waals surface area contributed by atoms with Crippen LogP contribution >= 0.6 is 11.6 Å². The van der Waals surface area contributed by atoms with E-state index in [0.29, 0.717) is 0 Å². The van der Waals surface area contributed by atoms with E-state index in [1.807, 2.05) is 0 Å². The van der Waals surface area contributed by atoms with E-state index in [-0.39, 0.29) is 22.6 Å². The third-order valence-electron chi connectivity index (χ3n) is 3.71. The predicted octanol–water partition coefficient (Wildman–Crippen LogP) is 3.12. The van der Waals surface area contributed by atoms with E-state index in [2.05, 4.69) is 0 Å². The van der Waals surface area contributed by atoms with Gasteiger partial charge in [-0.15, -0.1) is 0 Å². The fourth-order valence-corrected chi connectivity index (χ4v) is 2.78. The molecular weight excluding hydrogens is 340 g/mol. The standard InChI is InChI=1S/C15H9ClN2O6/c16-15(18(22)23)13(19)11-3-1-2-4-12(11)24-14(15)9-5-7-10(8-6-9)17(20)21/h1-8,14H. The number of nitro benzene ring substituents is 1. The Morgan fingerprint density at radius 1 is 1.04 bits per heavy atom. The molecular formula is C15H9ClN2O6. The topological polar surface area (TPSA) is 113 Å². The van der Waals surface area contributed by atoms with Crippen LogP contribution in [0.4, 0.5) is 5.69 Å². The zero-order valence-electron chi connectivity index (χ0n) is 11.9. The summed E-state index contributed by atoms with van der Waals surface area (Å²) in [5.41, 5.74) is 0.0140. The number of nitrogens with zero attached hydrogens (tertiary/aromatic N) is 2. The summed E-state index contributed by atoms with van der Waals surface area (Å²) in [5, 5.41) is 22.2. The fraction of sp³-hybridized carbons (Fsp3) is 0.133. The molecule has 1 heterocycles. The fourth-order valence-electron chi connectivity index (χ4n) is 2.51. The SMILES string of the molecule is O=C1c2ccccc2OC(c2ccc([N+](=O)[O-])cc2)C1(Cl)[N+](=O)[O-]. The second-order valence-electron chi connectivity index (χ2n) is 5.10. The van der Waals surface area contributed by atoms with Crippen LogP contribution in [0.15, 0.2) is 48.5 Å². The van der Waals surface area contributed by atoms with Gasteiger partial charge in [0.05, 0.1) is 15.4 Å². The number of benzene rings is 2. The summed E-state index contributed by atoms with van der Waals surface area (Å²) >= 11 is 6.08. The number of nitro groups is 2. The number of fused-ring (bicyclic) bond motifs is 1. The van der Waals surface area contributed by atoms with Crippen molar-refractivity contribution in [3.05, 3.63) is 79.9 Å². The Morgan fingerprint density at radius 2 is 1.67 bits per heavy atom. The molecule has 0 bridgehead atoms. The molecule has 2 aromatic rings. The van der Waals surface area contributed by atoms with Crippen molar-refractivity contribution in [2.75, 3.05) is 0 Å². The molecule has 122 valence electrons. The number of halogens is 1. The molecule has 0 saturated carbocycles. The highest BCUT2D eigenvalue weighted by molar-refractivity contribution is 6.37. The van der Waals surface area contributed by atoms with Gasteiger partial charge in [-0.1, -0.05) is 12.1 Å². The van der Waals surface area contributed by atoms with Gasteiger partial charge in [0.2, 0.25) is 6.10 Å². The van der Waals surface area contributed by atoms with E-state index in [4.69, 9.17) is 16.3 Å². The Hall–Kier alpha value is -3.00. The summed E-state index contributed by atoms with van der Waals surface area (Å²) in [4.78, 5) is 30.8. The van der Waals surface area contributed by atoms with E-state index >= 15 is 0 Å². The van der Waals surface area contributed by atoms with Gasteiger partial charge in [-0.05, 0) is 35.9 Å². The predicted molar refractivity (Wildman–Crippen MR) is 82.8 cm³/mol. The molecule has 24 heavy (non-hydrogen) atoms. The van der Waals surface area contributed by atoms with Crippen molar-refractivity contribution in [2.24, 2.45) is 0 Å². The van der Waals surface area contributed by atoms with E-state index < -0.39 is 26.7 Å². The smallest absolute Gasteiger partial charge is 0.397 e. The number of non-ortho nitro benzene ring substituents is 1. The van der Waals surface area contributed by atoms with E-state index in [1.165, 1.54) is 36.4 Å². The molecule has 0 spiro atoms. The van der Waals surface area contributed by atoms with Crippen LogP contribution in [-0.4, -0.2) is 20.6 Å². The molecule has 1 aliphatic heterocycles. The molecule has 2 atom stereocenters. The molecule has 0 N–H and O–H groups in total. The van der Waals surface area contributed by atoms with Crippen LogP contribution in [0.3, 0.4) is 0 Å². The molecule has 2 unspecified atom stereocenters. The Morgan fingerprint density at radius 3 is 2.25 bits per heavy atom. The molecule has 0 amide bonds. The summed E-state index contributed by atoms with van der Waals surface area (Å²) in [5.74, 6) is -0.719. The number of alkyl halides is 1. The highest BCUT2D eigenvalue weighted by Crippen LogP contribution is 2.45. The third-order valence-corrected chi connectivity index (χ3v) is 4.22. The van der Waals surface area contributed by atoms with Crippen LogP contribution in [0.5, 0.6) is 5.75 Å². The quantitative estimate of drug-likeness (QED) is 0.364. The summed E-state index contributed by atoms with van der Waals surface area (Å²) in [7, 11) is 0. The molecule has 9 heteroatoms. The van der Waals surface area contributed by atoms with Gasteiger partial charge in [0, 0.05) is 17.7 Å². The lowest BCUT2D eigenvalue weighted by Gasteiger charge is -2.32.